The summed E-state index contributed by atoms with van der Waals surface area (Å²) in [6, 6.07) is 2.49. The van der Waals surface area contributed by atoms with E-state index in [1.165, 1.54) is 36.3 Å². The van der Waals surface area contributed by atoms with Crippen molar-refractivity contribution >= 4 is 10.0 Å². The van der Waals surface area contributed by atoms with Gasteiger partial charge in [-0.25, -0.2) is 12.8 Å². The molecule has 0 amide bonds. The highest BCUT2D eigenvalue weighted by Crippen LogP contribution is 2.29. The SMILES string of the molecule is Cc1cc(F)cc(C)c1S(=O)(=O)N(C)CCOCC1CC1. The summed E-state index contributed by atoms with van der Waals surface area (Å²) >= 11 is 0. The molecule has 1 fully saturated rings. The molecule has 0 saturated heterocycles. The zero-order valence-electron chi connectivity index (χ0n) is 12.7. The minimum absolute atomic E-state index is 0.189. The number of nitrogens with zero attached hydrogens (tertiary/aromatic N) is 1. The van der Waals surface area contributed by atoms with Gasteiger partial charge in [0, 0.05) is 20.2 Å². The molecule has 2 rings (SSSR count). The van der Waals surface area contributed by atoms with Crippen molar-refractivity contribution in [2.24, 2.45) is 5.92 Å². The fourth-order valence-electron chi connectivity index (χ4n) is 2.31. The van der Waals surface area contributed by atoms with E-state index >= 15 is 0 Å². The van der Waals surface area contributed by atoms with Crippen LogP contribution < -0.4 is 0 Å². The maximum absolute atomic E-state index is 13.3. The first-order chi connectivity index (χ1) is 9.82. The van der Waals surface area contributed by atoms with Crippen molar-refractivity contribution < 1.29 is 17.5 Å². The van der Waals surface area contributed by atoms with Gasteiger partial charge in [0.15, 0.2) is 0 Å². The summed E-state index contributed by atoms with van der Waals surface area (Å²) in [5.74, 6) is 0.243. The van der Waals surface area contributed by atoms with Crippen LogP contribution in [0.3, 0.4) is 0 Å². The number of likely N-dealkylation sites (N-methyl/N-ethyl adjacent to an activating group) is 1. The molecular formula is C15H22FNO3S. The van der Waals surface area contributed by atoms with Crippen LogP contribution in [0.4, 0.5) is 4.39 Å². The fourth-order valence-corrected chi connectivity index (χ4v) is 3.87. The summed E-state index contributed by atoms with van der Waals surface area (Å²) in [4.78, 5) is 0.189. The molecule has 0 unspecified atom stereocenters. The number of benzene rings is 1. The summed E-state index contributed by atoms with van der Waals surface area (Å²) in [5.41, 5.74) is 0.858. The van der Waals surface area contributed by atoms with Gasteiger partial charge in [0.2, 0.25) is 10.0 Å². The summed E-state index contributed by atoms with van der Waals surface area (Å²) in [6.45, 7) is 4.61. The lowest BCUT2D eigenvalue weighted by Crippen LogP contribution is -2.31. The van der Waals surface area contributed by atoms with Gasteiger partial charge in [-0.2, -0.15) is 4.31 Å². The summed E-state index contributed by atoms with van der Waals surface area (Å²) in [7, 11) is -2.09. The van der Waals surface area contributed by atoms with Crippen LogP contribution in [0.1, 0.15) is 24.0 Å². The Hall–Kier alpha value is -0.980. The van der Waals surface area contributed by atoms with Crippen molar-refractivity contribution in [1.82, 2.24) is 4.31 Å². The largest absolute Gasteiger partial charge is 0.380 e. The molecule has 1 aliphatic carbocycles. The molecular weight excluding hydrogens is 293 g/mol. The van der Waals surface area contributed by atoms with Crippen molar-refractivity contribution in [2.75, 3.05) is 26.8 Å². The van der Waals surface area contributed by atoms with Gasteiger partial charge in [0.1, 0.15) is 5.82 Å². The smallest absolute Gasteiger partial charge is 0.243 e. The number of sulfonamides is 1. The van der Waals surface area contributed by atoms with Crippen molar-refractivity contribution in [3.8, 4) is 0 Å². The maximum atomic E-state index is 13.3. The second kappa shape index (κ2) is 6.42. The molecule has 0 spiro atoms. The highest BCUT2D eigenvalue weighted by Gasteiger charge is 2.26. The molecule has 0 heterocycles. The van der Waals surface area contributed by atoms with E-state index in [9.17, 15) is 12.8 Å². The van der Waals surface area contributed by atoms with E-state index in [2.05, 4.69) is 0 Å². The van der Waals surface area contributed by atoms with Crippen LogP contribution in [0.25, 0.3) is 0 Å². The Kier molecular flexibility index (Phi) is 5.01. The molecule has 118 valence electrons. The Morgan fingerprint density at radius 2 is 1.86 bits per heavy atom. The summed E-state index contributed by atoms with van der Waals surface area (Å²) in [5, 5.41) is 0. The first kappa shape index (κ1) is 16.4. The monoisotopic (exact) mass is 315 g/mol. The van der Waals surface area contributed by atoms with Crippen molar-refractivity contribution in [3.63, 3.8) is 0 Å². The highest BCUT2D eigenvalue weighted by atomic mass is 32.2. The number of hydrogen-bond donors (Lipinski definition) is 0. The lowest BCUT2D eigenvalue weighted by molar-refractivity contribution is 0.117. The molecule has 4 nitrogen and oxygen atoms in total. The number of hydrogen-bond acceptors (Lipinski definition) is 3. The van der Waals surface area contributed by atoms with Gasteiger partial charge in [-0.1, -0.05) is 0 Å². The fraction of sp³-hybridized carbons (Fsp3) is 0.600. The lowest BCUT2D eigenvalue weighted by atomic mass is 10.1. The maximum Gasteiger partial charge on any atom is 0.243 e. The van der Waals surface area contributed by atoms with E-state index in [4.69, 9.17) is 4.74 Å². The zero-order chi connectivity index (χ0) is 15.6. The average molecular weight is 315 g/mol. The molecule has 0 atom stereocenters. The quantitative estimate of drug-likeness (QED) is 0.726. The summed E-state index contributed by atoms with van der Waals surface area (Å²) < 4.78 is 45.2. The van der Waals surface area contributed by atoms with E-state index in [0.717, 1.165) is 0 Å². The van der Waals surface area contributed by atoms with E-state index < -0.39 is 15.8 Å². The Morgan fingerprint density at radius 3 is 2.38 bits per heavy atom. The molecule has 0 bridgehead atoms. The van der Waals surface area contributed by atoms with Crippen LogP contribution in [0.15, 0.2) is 17.0 Å². The van der Waals surface area contributed by atoms with E-state index in [1.807, 2.05) is 0 Å². The van der Waals surface area contributed by atoms with Crippen molar-refractivity contribution in [1.29, 1.82) is 0 Å². The molecule has 21 heavy (non-hydrogen) atoms. The van der Waals surface area contributed by atoms with Crippen LogP contribution in [-0.2, 0) is 14.8 Å². The van der Waals surface area contributed by atoms with Gasteiger partial charge in [-0.05, 0) is 55.9 Å². The van der Waals surface area contributed by atoms with Gasteiger partial charge in [-0.15, -0.1) is 0 Å². The van der Waals surface area contributed by atoms with E-state index in [1.54, 1.807) is 13.8 Å². The van der Waals surface area contributed by atoms with Gasteiger partial charge in [-0.3, -0.25) is 0 Å². The number of aryl methyl sites for hydroxylation is 2. The van der Waals surface area contributed by atoms with Crippen molar-refractivity contribution in [2.45, 2.75) is 31.6 Å². The van der Waals surface area contributed by atoms with Gasteiger partial charge >= 0.3 is 0 Å². The second-order valence-electron chi connectivity index (χ2n) is 5.71. The molecule has 1 aromatic carbocycles. The molecule has 1 aromatic rings. The second-order valence-corrected chi connectivity index (χ2v) is 7.70. The Balaban J connectivity index is 2.05. The third-order valence-electron chi connectivity index (χ3n) is 3.69. The van der Waals surface area contributed by atoms with E-state index in [-0.39, 0.29) is 4.90 Å². The summed E-state index contributed by atoms with van der Waals surface area (Å²) in [6.07, 6.45) is 2.42. The predicted octanol–water partition coefficient (Wildman–Crippen LogP) is 2.49. The zero-order valence-corrected chi connectivity index (χ0v) is 13.5. The van der Waals surface area contributed by atoms with Crippen LogP contribution in [0, 0.1) is 25.6 Å². The van der Waals surface area contributed by atoms with Gasteiger partial charge in [0.25, 0.3) is 0 Å². The third-order valence-corrected chi connectivity index (χ3v) is 5.86. The predicted molar refractivity (Wildman–Crippen MR) is 79.2 cm³/mol. The molecule has 1 saturated carbocycles. The van der Waals surface area contributed by atoms with E-state index in [0.29, 0.717) is 36.8 Å². The minimum Gasteiger partial charge on any atom is -0.380 e. The van der Waals surface area contributed by atoms with Crippen LogP contribution in [0.5, 0.6) is 0 Å². The number of rotatable bonds is 7. The van der Waals surface area contributed by atoms with Gasteiger partial charge in [0.05, 0.1) is 11.5 Å². The standard InChI is InChI=1S/C15H22FNO3S/c1-11-8-14(16)9-12(2)15(11)21(18,19)17(3)6-7-20-10-13-4-5-13/h8-9,13H,4-7,10H2,1-3H3. The first-order valence-electron chi connectivity index (χ1n) is 7.13. The normalized spacial score (nSPS) is 15.7. The van der Waals surface area contributed by atoms with Crippen LogP contribution >= 0.6 is 0 Å². The van der Waals surface area contributed by atoms with Crippen molar-refractivity contribution in [3.05, 3.63) is 29.1 Å². The first-order valence-corrected chi connectivity index (χ1v) is 8.57. The van der Waals surface area contributed by atoms with Gasteiger partial charge < -0.3 is 4.74 Å². The van der Waals surface area contributed by atoms with Crippen LogP contribution in [-0.4, -0.2) is 39.5 Å². The molecule has 1 aliphatic rings. The minimum atomic E-state index is -3.62. The number of halogens is 1. The number of ether oxygens (including phenoxy) is 1. The average Bonchev–Trinajstić information content (AvgIpc) is 3.16. The third kappa shape index (κ3) is 4.02. The lowest BCUT2D eigenvalue weighted by Gasteiger charge is -2.20. The highest BCUT2D eigenvalue weighted by molar-refractivity contribution is 7.89. The molecule has 0 aliphatic heterocycles. The Bertz CT molecular complexity index is 588. The van der Waals surface area contributed by atoms with Crippen LogP contribution in [0.2, 0.25) is 0 Å². The topological polar surface area (TPSA) is 46.6 Å². The molecule has 0 aromatic heterocycles. The Labute approximate surface area is 126 Å². The Morgan fingerprint density at radius 1 is 1.29 bits per heavy atom. The molecule has 0 radical (unpaired) electrons. The molecule has 0 N–H and O–H groups in total. The molecule has 6 heteroatoms.